The van der Waals surface area contributed by atoms with Crippen molar-refractivity contribution in [2.45, 2.75) is 4.90 Å². The first-order valence-corrected chi connectivity index (χ1v) is 7.95. The van der Waals surface area contributed by atoms with Gasteiger partial charge in [0.25, 0.3) is 15.7 Å². The van der Waals surface area contributed by atoms with Gasteiger partial charge in [0.05, 0.1) is 17.2 Å². The van der Waals surface area contributed by atoms with Gasteiger partial charge in [-0.05, 0) is 18.2 Å². The minimum absolute atomic E-state index is 0.203. The second-order valence-corrected chi connectivity index (χ2v) is 6.33. The van der Waals surface area contributed by atoms with E-state index in [1.54, 1.807) is 0 Å². The third kappa shape index (κ3) is 3.21. The Morgan fingerprint density at radius 2 is 1.78 bits per heavy atom. The molecule has 0 spiro atoms. The maximum atomic E-state index is 14.0. The van der Waals surface area contributed by atoms with Gasteiger partial charge in [-0.3, -0.25) is 14.4 Å². The molecule has 0 aliphatic carbocycles. The summed E-state index contributed by atoms with van der Waals surface area (Å²) in [6.07, 6.45) is 1.28. The van der Waals surface area contributed by atoms with Gasteiger partial charge in [-0.25, -0.2) is 12.8 Å². The van der Waals surface area contributed by atoms with Crippen LogP contribution in [0.25, 0.3) is 0 Å². The predicted molar refractivity (Wildman–Crippen MR) is 84.2 cm³/mol. The minimum atomic E-state index is -4.33. The number of benzene rings is 2. The van der Waals surface area contributed by atoms with Crippen molar-refractivity contribution in [2.24, 2.45) is 0 Å². The number of sulfonamides is 1. The standard InChI is InChI=1S/C15H13FN2O4S/c1-2-11-17(13-8-4-3-7-12(13)16)23(21,22)15-10-6-5-9-14(15)18(19)20/h2-10H,1,11H2. The zero-order valence-corrected chi connectivity index (χ0v) is 12.7. The first kappa shape index (κ1) is 16.6. The summed E-state index contributed by atoms with van der Waals surface area (Å²) in [5.41, 5.74) is -0.775. The van der Waals surface area contributed by atoms with E-state index in [1.165, 1.54) is 36.4 Å². The quantitative estimate of drug-likeness (QED) is 0.461. The first-order valence-electron chi connectivity index (χ1n) is 6.51. The van der Waals surface area contributed by atoms with Crippen LogP contribution < -0.4 is 4.31 Å². The minimum Gasteiger partial charge on any atom is -0.259 e. The molecular formula is C15H13FN2O4S. The van der Waals surface area contributed by atoms with Gasteiger partial charge in [0.2, 0.25) is 0 Å². The maximum Gasteiger partial charge on any atom is 0.289 e. The van der Waals surface area contributed by atoms with Crippen molar-refractivity contribution in [1.82, 2.24) is 0 Å². The number of nitrogens with zero attached hydrogens (tertiary/aromatic N) is 2. The van der Waals surface area contributed by atoms with Gasteiger partial charge in [0.1, 0.15) is 5.82 Å². The third-order valence-corrected chi connectivity index (χ3v) is 4.87. The molecule has 120 valence electrons. The van der Waals surface area contributed by atoms with Crippen LogP contribution in [0.15, 0.2) is 66.1 Å². The molecule has 0 N–H and O–H groups in total. The van der Waals surface area contributed by atoms with Gasteiger partial charge in [-0.2, -0.15) is 0 Å². The van der Waals surface area contributed by atoms with Gasteiger partial charge in [0, 0.05) is 6.07 Å². The first-order chi connectivity index (χ1) is 10.9. The summed E-state index contributed by atoms with van der Waals surface area (Å²) < 4.78 is 40.4. The van der Waals surface area contributed by atoms with Gasteiger partial charge >= 0.3 is 0 Å². The van der Waals surface area contributed by atoms with Crippen molar-refractivity contribution in [3.63, 3.8) is 0 Å². The highest BCUT2D eigenvalue weighted by atomic mass is 32.2. The molecule has 2 rings (SSSR count). The summed E-state index contributed by atoms with van der Waals surface area (Å²) in [6.45, 7) is 3.23. The van der Waals surface area contributed by atoms with Crippen LogP contribution in [0.2, 0.25) is 0 Å². The molecule has 0 saturated heterocycles. The number of para-hydroxylation sites is 2. The van der Waals surface area contributed by atoms with E-state index < -0.39 is 31.3 Å². The lowest BCUT2D eigenvalue weighted by atomic mass is 10.3. The van der Waals surface area contributed by atoms with Gasteiger partial charge in [-0.1, -0.05) is 30.3 Å². The molecule has 0 radical (unpaired) electrons. The Balaban J connectivity index is 2.66. The van der Waals surface area contributed by atoms with E-state index in [4.69, 9.17) is 0 Å². The van der Waals surface area contributed by atoms with E-state index in [2.05, 4.69) is 6.58 Å². The summed E-state index contributed by atoms with van der Waals surface area (Å²) >= 11 is 0. The lowest BCUT2D eigenvalue weighted by molar-refractivity contribution is -0.387. The second-order valence-electron chi connectivity index (χ2n) is 4.50. The van der Waals surface area contributed by atoms with E-state index in [1.807, 2.05) is 0 Å². The highest BCUT2D eigenvalue weighted by Gasteiger charge is 2.32. The molecule has 0 aliphatic heterocycles. The Labute approximate surface area is 132 Å². The van der Waals surface area contributed by atoms with E-state index in [0.717, 1.165) is 22.5 Å². The van der Waals surface area contributed by atoms with Crippen molar-refractivity contribution >= 4 is 21.4 Å². The number of hydrogen-bond donors (Lipinski definition) is 0. The molecule has 2 aromatic carbocycles. The number of nitro benzene ring substituents is 1. The molecule has 0 atom stereocenters. The second kappa shape index (κ2) is 6.57. The molecule has 0 aromatic heterocycles. The van der Waals surface area contributed by atoms with E-state index in [-0.39, 0.29) is 12.2 Å². The summed E-state index contributed by atoms with van der Waals surface area (Å²) in [7, 11) is -4.33. The predicted octanol–water partition coefficient (Wildman–Crippen LogP) is 3.12. The summed E-state index contributed by atoms with van der Waals surface area (Å²) in [5, 5.41) is 11.1. The average molecular weight is 336 g/mol. The fourth-order valence-corrected chi connectivity index (χ4v) is 3.65. The lowest BCUT2D eigenvalue weighted by Gasteiger charge is -2.23. The highest BCUT2D eigenvalue weighted by molar-refractivity contribution is 7.93. The number of rotatable bonds is 6. The molecule has 0 fully saturated rings. The van der Waals surface area contributed by atoms with E-state index >= 15 is 0 Å². The Bertz CT molecular complexity index is 852. The van der Waals surface area contributed by atoms with E-state index in [9.17, 15) is 22.9 Å². The Morgan fingerprint density at radius 1 is 1.17 bits per heavy atom. The van der Waals surface area contributed by atoms with Crippen molar-refractivity contribution < 1.29 is 17.7 Å². The number of halogens is 1. The fraction of sp³-hybridized carbons (Fsp3) is 0.0667. The van der Waals surface area contributed by atoms with Crippen LogP contribution in [0.5, 0.6) is 0 Å². The smallest absolute Gasteiger partial charge is 0.259 e. The van der Waals surface area contributed by atoms with Crippen LogP contribution in [-0.2, 0) is 10.0 Å². The molecule has 0 saturated carbocycles. The van der Waals surface area contributed by atoms with Gasteiger partial charge < -0.3 is 0 Å². The molecule has 23 heavy (non-hydrogen) atoms. The van der Waals surface area contributed by atoms with Crippen molar-refractivity contribution in [2.75, 3.05) is 10.8 Å². The molecule has 0 aliphatic rings. The van der Waals surface area contributed by atoms with Crippen molar-refractivity contribution in [1.29, 1.82) is 0 Å². The van der Waals surface area contributed by atoms with Crippen LogP contribution in [0.1, 0.15) is 0 Å². The van der Waals surface area contributed by atoms with E-state index in [0.29, 0.717) is 0 Å². The van der Waals surface area contributed by atoms with Crippen LogP contribution in [-0.4, -0.2) is 19.9 Å². The molecule has 0 unspecified atom stereocenters. The molecule has 2 aromatic rings. The Hall–Kier alpha value is -2.74. The average Bonchev–Trinajstić information content (AvgIpc) is 2.53. The molecular weight excluding hydrogens is 323 g/mol. The number of hydrogen-bond acceptors (Lipinski definition) is 4. The van der Waals surface area contributed by atoms with Crippen LogP contribution in [0.4, 0.5) is 15.8 Å². The largest absolute Gasteiger partial charge is 0.289 e. The maximum absolute atomic E-state index is 14.0. The third-order valence-electron chi connectivity index (χ3n) is 3.05. The summed E-state index contributed by atoms with van der Waals surface area (Å²) in [4.78, 5) is 9.78. The normalized spacial score (nSPS) is 11.0. The zero-order valence-electron chi connectivity index (χ0n) is 11.9. The molecule has 6 nitrogen and oxygen atoms in total. The number of anilines is 1. The zero-order chi connectivity index (χ0) is 17.0. The molecule has 0 amide bonds. The lowest BCUT2D eigenvalue weighted by Crippen LogP contribution is -2.32. The Morgan fingerprint density at radius 3 is 2.39 bits per heavy atom. The monoisotopic (exact) mass is 336 g/mol. The van der Waals surface area contributed by atoms with Crippen LogP contribution in [0, 0.1) is 15.9 Å². The van der Waals surface area contributed by atoms with Crippen molar-refractivity contribution in [3.05, 3.63) is 77.1 Å². The Kier molecular flexibility index (Phi) is 4.75. The van der Waals surface area contributed by atoms with Gasteiger partial charge in [-0.15, -0.1) is 6.58 Å². The highest BCUT2D eigenvalue weighted by Crippen LogP contribution is 2.30. The fourth-order valence-electron chi connectivity index (χ4n) is 2.04. The summed E-state index contributed by atoms with van der Waals surface area (Å²) in [6, 6.07) is 10.2. The molecule has 8 heteroatoms. The van der Waals surface area contributed by atoms with Gasteiger partial charge in [0.15, 0.2) is 4.90 Å². The SMILES string of the molecule is C=CCN(c1ccccc1F)S(=O)(=O)c1ccccc1[N+](=O)[O-]. The van der Waals surface area contributed by atoms with Crippen LogP contribution >= 0.6 is 0 Å². The molecule has 0 heterocycles. The van der Waals surface area contributed by atoms with Crippen LogP contribution in [0.3, 0.4) is 0 Å². The molecule has 0 bridgehead atoms. The summed E-state index contributed by atoms with van der Waals surface area (Å²) in [5.74, 6) is -0.753. The van der Waals surface area contributed by atoms with Crippen molar-refractivity contribution in [3.8, 4) is 0 Å². The topological polar surface area (TPSA) is 80.5 Å². The number of nitro groups is 1.